The molecule has 1 N–H and O–H groups in total. The summed E-state index contributed by atoms with van der Waals surface area (Å²) in [6, 6.07) is 6.61. The van der Waals surface area contributed by atoms with Gasteiger partial charge in [-0.2, -0.15) is 0 Å². The molecule has 0 bridgehead atoms. The van der Waals surface area contributed by atoms with E-state index in [1.807, 2.05) is 6.92 Å². The van der Waals surface area contributed by atoms with Crippen molar-refractivity contribution in [2.75, 3.05) is 11.9 Å². The standard InChI is InChI=1S/C20H20F3NO3S/c1-3-4-8-27-20(26)12(2)28-18-11-17(15(22)10-16(18)23)24-19(25)13-6-5-7-14(21)9-13/h5-7,9-12H,3-4,8H2,1-2H3,(H,24,25). The first-order valence-electron chi connectivity index (χ1n) is 8.71. The van der Waals surface area contributed by atoms with Gasteiger partial charge < -0.3 is 10.1 Å². The van der Waals surface area contributed by atoms with Crippen LogP contribution in [0.3, 0.4) is 0 Å². The van der Waals surface area contributed by atoms with Crippen LogP contribution in [0.2, 0.25) is 0 Å². The Labute approximate surface area is 165 Å². The lowest BCUT2D eigenvalue weighted by Gasteiger charge is -2.13. The van der Waals surface area contributed by atoms with Gasteiger partial charge in [0.2, 0.25) is 0 Å². The van der Waals surface area contributed by atoms with E-state index in [2.05, 4.69) is 5.32 Å². The first-order chi connectivity index (χ1) is 13.3. The van der Waals surface area contributed by atoms with Gasteiger partial charge in [-0.3, -0.25) is 9.59 Å². The number of anilines is 1. The van der Waals surface area contributed by atoms with E-state index in [-0.39, 0.29) is 22.8 Å². The van der Waals surface area contributed by atoms with Crippen molar-refractivity contribution in [1.29, 1.82) is 0 Å². The van der Waals surface area contributed by atoms with E-state index in [4.69, 9.17) is 4.74 Å². The first kappa shape index (κ1) is 21.8. The fourth-order valence-electron chi connectivity index (χ4n) is 2.21. The fourth-order valence-corrected chi connectivity index (χ4v) is 3.12. The number of carbonyl (C=O) groups excluding carboxylic acids is 2. The molecular weight excluding hydrogens is 391 g/mol. The van der Waals surface area contributed by atoms with Gasteiger partial charge in [0, 0.05) is 16.5 Å². The minimum absolute atomic E-state index is 0.00852. The zero-order chi connectivity index (χ0) is 20.7. The smallest absolute Gasteiger partial charge is 0.319 e. The second kappa shape index (κ2) is 10.2. The summed E-state index contributed by atoms with van der Waals surface area (Å²) in [7, 11) is 0. The third-order valence-electron chi connectivity index (χ3n) is 3.73. The third kappa shape index (κ3) is 6.02. The van der Waals surface area contributed by atoms with Crippen LogP contribution < -0.4 is 5.32 Å². The summed E-state index contributed by atoms with van der Waals surface area (Å²) in [6.07, 6.45) is 1.60. The maximum Gasteiger partial charge on any atom is 0.319 e. The maximum absolute atomic E-state index is 14.1. The monoisotopic (exact) mass is 411 g/mol. The fraction of sp³-hybridized carbons (Fsp3) is 0.300. The number of nitrogens with one attached hydrogen (secondary N) is 1. The number of carbonyl (C=O) groups is 2. The average molecular weight is 411 g/mol. The van der Waals surface area contributed by atoms with Gasteiger partial charge in [-0.25, -0.2) is 13.2 Å². The molecule has 0 spiro atoms. The van der Waals surface area contributed by atoms with Gasteiger partial charge in [-0.1, -0.05) is 19.4 Å². The summed E-state index contributed by atoms with van der Waals surface area (Å²) in [4.78, 5) is 24.1. The molecule has 0 aromatic heterocycles. The van der Waals surface area contributed by atoms with Crippen LogP contribution in [0, 0.1) is 17.5 Å². The van der Waals surface area contributed by atoms with Gasteiger partial charge in [-0.05, 0) is 37.6 Å². The summed E-state index contributed by atoms with van der Waals surface area (Å²) < 4.78 is 46.5. The normalized spacial score (nSPS) is 11.8. The van der Waals surface area contributed by atoms with Crippen molar-refractivity contribution < 1.29 is 27.5 Å². The molecule has 1 amide bonds. The molecule has 0 fully saturated rings. The molecule has 2 rings (SSSR count). The molecule has 1 atom stereocenters. The Morgan fingerprint density at radius 2 is 1.89 bits per heavy atom. The van der Waals surface area contributed by atoms with Crippen molar-refractivity contribution in [3.63, 3.8) is 0 Å². The van der Waals surface area contributed by atoms with E-state index < -0.39 is 34.6 Å². The molecule has 1 unspecified atom stereocenters. The zero-order valence-electron chi connectivity index (χ0n) is 15.4. The molecule has 0 aliphatic heterocycles. The van der Waals surface area contributed by atoms with Crippen LogP contribution in [0.1, 0.15) is 37.0 Å². The molecule has 0 radical (unpaired) electrons. The molecule has 0 saturated carbocycles. The van der Waals surface area contributed by atoms with E-state index in [9.17, 15) is 22.8 Å². The van der Waals surface area contributed by atoms with Crippen LogP contribution in [0.4, 0.5) is 18.9 Å². The van der Waals surface area contributed by atoms with Gasteiger partial charge in [0.15, 0.2) is 0 Å². The number of benzene rings is 2. The Hall–Kier alpha value is -2.48. The molecule has 0 heterocycles. The van der Waals surface area contributed by atoms with E-state index >= 15 is 0 Å². The average Bonchev–Trinajstić information content (AvgIpc) is 2.65. The molecule has 28 heavy (non-hydrogen) atoms. The van der Waals surface area contributed by atoms with E-state index in [0.717, 1.165) is 36.7 Å². The summed E-state index contributed by atoms with van der Waals surface area (Å²) >= 11 is 0.857. The van der Waals surface area contributed by atoms with Gasteiger partial charge in [0.1, 0.15) is 22.7 Å². The molecule has 150 valence electrons. The Balaban J connectivity index is 2.13. The lowest BCUT2D eigenvalue weighted by atomic mass is 10.2. The van der Waals surface area contributed by atoms with Gasteiger partial charge >= 0.3 is 5.97 Å². The molecule has 0 aliphatic carbocycles. The van der Waals surface area contributed by atoms with E-state index in [1.165, 1.54) is 18.2 Å². The van der Waals surface area contributed by atoms with Crippen molar-refractivity contribution in [3.8, 4) is 0 Å². The Bertz CT molecular complexity index is 861. The quantitative estimate of drug-likeness (QED) is 0.369. The van der Waals surface area contributed by atoms with Crippen molar-refractivity contribution in [2.45, 2.75) is 36.8 Å². The number of unbranched alkanes of at least 4 members (excludes halogenated alkanes) is 1. The van der Waals surface area contributed by atoms with Crippen LogP contribution in [-0.4, -0.2) is 23.7 Å². The minimum Gasteiger partial charge on any atom is -0.465 e. The van der Waals surface area contributed by atoms with Crippen LogP contribution in [0.5, 0.6) is 0 Å². The number of rotatable bonds is 8. The summed E-state index contributed by atoms with van der Waals surface area (Å²) in [6.45, 7) is 3.79. The Morgan fingerprint density at radius 3 is 2.57 bits per heavy atom. The minimum atomic E-state index is -0.982. The first-order valence-corrected chi connectivity index (χ1v) is 9.59. The lowest BCUT2D eigenvalue weighted by Crippen LogP contribution is -2.18. The number of ether oxygens (including phenoxy) is 1. The number of esters is 1. The third-order valence-corrected chi connectivity index (χ3v) is 4.85. The van der Waals surface area contributed by atoms with Gasteiger partial charge in [0.25, 0.3) is 5.91 Å². The van der Waals surface area contributed by atoms with Crippen LogP contribution in [-0.2, 0) is 9.53 Å². The Kier molecular flexibility index (Phi) is 7.92. The topological polar surface area (TPSA) is 55.4 Å². The SMILES string of the molecule is CCCCOC(=O)C(C)Sc1cc(NC(=O)c2cccc(F)c2)c(F)cc1F. The molecule has 0 saturated heterocycles. The Morgan fingerprint density at radius 1 is 1.14 bits per heavy atom. The number of hydrogen-bond donors (Lipinski definition) is 1. The molecule has 4 nitrogen and oxygen atoms in total. The van der Waals surface area contributed by atoms with Crippen LogP contribution >= 0.6 is 11.8 Å². The zero-order valence-corrected chi connectivity index (χ0v) is 16.2. The molecular formula is C20H20F3NO3S. The van der Waals surface area contributed by atoms with Crippen molar-refractivity contribution in [3.05, 3.63) is 59.4 Å². The van der Waals surface area contributed by atoms with Crippen molar-refractivity contribution >= 4 is 29.3 Å². The highest BCUT2D eigenvalue weighted by Crippen LogP contribution is 2.31. The maximum atomic E-state index is 14.1. The second-order valence-electron chi connectivity index (χ2n) is 6.01. The lowest BCUT2D eigenvalue weighted by molar-refractivity contribution is -0.142. The molecule has 0 aliphatic rings. The number of amides is 1. The van der Waals surface area contributed by atoms with Crippen molar-refractivity contribution in [1.82, 2.24) is 0 Å². The summed E-state index contributed by atoms with van der Waals surface area (Å²) in [5.41, 5.74) is -0.282. The molecule has 2 aromatic rings. The molecule has 2 aromatic carbocycles. The van der Waals surface area contributed by atoms with Crippen molar-refractivity contribution in [2.24, 2.45) is 0 Å². The highest BCUT2D eigenvalue weighted by molar-refractivity contribution is 8.00. The van der Waals surface area contributed by atoms with Gasteiger partial charge in [0.05, 0.1) is 12.3 Å². The molecule has 8 heteroatoms. The number of thioether (sulfide) groups is 1. The predicted molar refractivity (Wildman–Crippen MR) is 102 cm³/mol. The summed E-state index contributed by atoms with van der Waals surface area (Å²) in [5.74, 6) is -3.70. The second-order valence-corrected chi connectivity index (χ2v) is 7.39. The predicted octanol–water partition coefficient (Wildman–Crippen LogP) is 5.18. The number of hydrogen-bond acceptors (Lipinski definition) is 4. The van der Waals surface area contributed by atoms with Crippen LogP contribution in [0.25, 0.3) is 0 Å². The summed E-state index contributed by atoms with van der Waals surface area (Å²) in [5, 5.41) is 1.57. The van der Waals surface area contributed by atoms with E-state index in [0.29, 0.717) is 6.07 Å². The highest BCUT2D eigenvalue weighted by Gasteiger charge is 2.20. The highest BCUT2D eigenvalue weighted by atomic mass is 32.2. The van der Waals surface area contributed by atoms with Crippen LogP contribution in [0.15, 0.2) is 41.3 Å². The number of halogens is 3. The van der Waals surface area contributed by atoms with Gasteiger partial charge in [-0.15, -0.1) is 11.8 Å². The van der Waals surface area contributed by atoms with E-state index in [1.54, 1.807) is 6.92 Å². The largest absolute Gasteiger partial charge is 0.465 e.